The van der Waals surface area contributed by atoms with Gasteiger partial charge in [-0.15, -0.1) is 5.10 Å². The van der Waals surface area contributed by atoms with E-state index in [4.69, 9.17) is 0 Å². The quantitative estimate of drug-likeness (QED) is 0.569. The highest BCUT2D eigenvalue weighted by Crippen LogP contribution is 2.28. The highest BCUT2D eigenvalue weighted by Gasteiger charge is 2.15. The molecule has 1 N–H and O–H groups in total. The van der Waals surface area contributed by atoms with E-state index in [0.717, 1.165) is 27.7 Å². The summed E-state index contributed by atoms with van der Waals surface area (Å²) in [7, 11) is 0. The van der Waals surface area contributed by atoms with Gasteiger partial charge >= 0.3 is 0 Å². The molecule has 2 aromatic heterocycles. The van der Waals surface area contributed by atoms with Gasteiger partial charge in [0.25, 0.3) is 0 Å². The van der Waals surface area contributed by atoms with Crippen LogP contribution < -0.4 is 0 Å². The molecule has 0 aliphatic carbocycles. The summed E-state index contributed by atoms with van der Waals surface area (Å²) in [5, 5.41) is 15.2. The average Bonchev–Trinajstić information content (AvgIpc) is 3.30. The Labute approximate surface area is 144 Å². The summed E-state index contributed by atoms with van der Waals surface area (Å²) >= 11 is 0. The molecule has 6 heteroatoms. The van der Waals surface area contributed by atoms with E-state index in [1.54, 1.807) is 0 Å². The second-order valence-corrected chi connectivity index (χ2v) is 5.86. The number of carbonyl (C=O) groups excluding carboxylic acids is 1. The predicted molar refractivity (Wildman–Crippen MR) is 94.9 cm³/mol. The first-order valence-electron chi connectivity index (χ1n) is 8.22. The number of para-hydroxylation sites is 2. The van der Waals surface area contributed by atoms with E-state index in [0.29, 0.717) is 18.7 Å². The topological polar surface area (TPSA) is 76.5 Å². The van der Waals surface area contributed by atoms with Gasteiger partial charge in [0.2, 0.25) is 0 Å². The first kappa shape index (κ1) is 15.3. The van der Waals surface area contributed by atoms with Gasteiger partial charge < -0.3 is 4.57 Å². The summed E-state index contributed by atoms with van der Waals surface area (Å²) in [4.78, 5) is 12.4. The molecule has 0 atom stereocenters. The molecule has 25 heavy (non-hydrogen) atoms. The first-order chi connectivity index (χ1) is 12.3. The van der Waals surface area contributed by atoms with E-state index < -0.39 is 0 Å². The molecule has 4 aromatic rings. The van der Waals surface area contributed by atoms with Crippen molar-refractivity contribution in [3.63, 3.8) is 0 Å². The molecular formula is C19H17N5O. The second kappa shape index (κ2) is 6.32. The zero-order chi connectivity index (χ0) is 17.2. The van der Waals surface area contributed by atoms with Crippen molar-refractivity contribution in [1.29, 1.82) is 0 Å². The zero-order valence-corrected chi connectivity index (χ0v) is 13.8. The number of nitrogens with zero attached hydrogens (tertiary/aromatic N) is 4. The first-order valence-corrected chi connectivity index (χ1v) is 8.22. The second-order valence-electron chi connectivity index (χ2n) is 5.86. The number of nitrogens with one attached hydrogen (secondary N) is 1. The lowest BCUT2D eigenvalue weighted by atomic mass is 10.1. The third-order valence-electron chi connectivity index (χ3n) is 4.33. The van der Waals surface area contributed by atoms with Crippen molar-refractivity contribution in [2.45, 2.75) is 19.8 Å². The normalized spacial score (nSPS) is 11.1. The third kappa shape index (κ3) is 2.71. The van der Waals surface area contributed by atoms with Crippen LogP contribution in [0.3, 0.4) is 0 Å². The highest BCUT2D eigenvalue weighted by molar-refractivity contribution is 6.00. The van der Waals surface area contributed by atoms with Crippen molar-refractivity contribution in [2.24, 2.45) is 0 Å². The molecule has 0 spiro atoms. The van der Waals surface area contributed by atoms with E-state index in [1.165, 1.54) is 0 Å². The van der Waals surface area contributed by atoms with Crippen molar-refractivity contribution < 1.29 is 4.79 Å². The van der Waals surface area contributed by atoms with Crippen LogP contribution in [0.5, 0.6) is 0 Å². The van der Waals surface area contributed by atoms with Crippen LogP contribution in [-0.4, -0.2) is 31.0 Å². The molecule has 0 saturated heterocycles. The fourth-order valence-electron chi connectivity index (χ4n) is 3.13. The van der Waals surface area contributed by atoms with Crippen LogP contribution >= 0.6 is 0 Å². The van der Waals surface area contributed by atoms with Crippen LogP contribution in [0.2, 0.25) is 0 Å². The number of aromatic nitrogens is 5. The molecule has 0 bridgehead atoms. The van der Waals surface area contributed by atoms with Crippen molar-refractivity contribution in [3.8, 4) is 5.69 Å². The van der Waals surface area contributed by atoms with Crippen LogP contribution in [-0.2, 0) is 6.42 Å². The number of aromatic amines is 1. The van der Waals surface area contributed by atoms with Gasteiger partial charge in [-0.25, -0.2) is 5.10 Å². The fraction of sp³-hybridized carbons (Fsp3) is 0.158. The Morgan fingerprint density at radius 2 is 1.92 bits per heavy atom. The molecule has 6 nitrogen and oxygen atoms in total. The molecule has 0 fully saturated rings. The number of Topliss-reactive ketones (excluding diaryl/α,β-unsaturated/α-hetero) is 1. The molecule has 124 valence electrons. The Hall–Kier alpha value is -3.28. The van der Waals surface area contributed by atoms with E-state index in [1.807, 2.05) is 43.3 Å². The summed E-state index contributed by atoms with van der Waals surface area (Å²) < 4.78 is 2.08. The smallest absolute Gasteiger partial charge is 0.164 e. The number of rotatable bonds is 5. The number of fused-ring (bicyclic) bond motifs is 1. The maximum atomic E-state index is 12.4. The molecule has 0 unspecified atom stereocenters. The average molecular weight is 331 g/mol. The molecule has 2 heterocycles. The lowest BCUT2D eigenvalue weighted by Gasteiger charge is -2.10. The molecule has 0 aliphatic rings. The lowest BCUT2D eigenvalue weighted by molar-refractivity contribution is 0.0988. The van der Waals surface area contributed by atoms with E-state index in [2.05, 4.69) is 43.5 Å². The summed E-state index contributed by atoms with van der Waals surface area (Å²) in [6.45, 7) is 1.88. The van der Waals surface area contributed by atoms with Crippen LogP contribution in [0.1, 0.15) is 35.1 Å². The van der Waals surface area contributed by atoms with Gasteiger partial charge in [-0.3, -0.25) is 4.79 Å². The predicted octanol–water partition coefficient (Wildman–Crippen LogP) is 3.33. The Morgan fingerprint density at radius 3 is 2.72 bits per heavy atom. The van der Waals surface area contributed by atoms with Gasteiger partial charge in [-0.05, 0) is 34.2 Å². The fourth-order valence-corrected chi connectivity index (χ4v) is 3.13. The Balaban J connectivity index is 1.90. The maximum absolute atomic E-state index is 12.4. The third-order valence-corrected chi connectivity index (χ3v) is 4.33. The maximum Gasteiger partial charge on any atom is 0.164 e. The minimum Gasteiger partial charge on any atom is -0.316 e. The van der Waals surface area contributed by atoms with Gasteiger partial charge in [0.1, 0.15) is 0 Å². The van der Waals surface area contributed by atoms with Crippen LogP contribution in [0, 0.1) is 0 Å². The summed E-state index contributed by atoms with van der Waals surface area (Å²) in [5.74, 6) is 0.843. The molecular weight excluding hydrogens is 314 g/mol. The summed E-state index contributed by atoms with van der Waals surface area (Å²) in [6.07, 6.45) is 3.15. The number of ketones is 1. The van der Waals surface area contributed by atoms with E-state index >= 15 is 0 Å². The van der Waals surface area contributed by atoms with E-state index in [-0.39, 0.29) is 5.78 Å². The number of hydrogen-bond donors (Lipinski definition) is 1. The van der Waals surface area contributed by atoms with Crippen molar-refractivity contribution >= 4 is 16.7 Å². The SMILES string of the molecule is CCC(=O)c1ccccc1-n1cc(Cc2nnn[nH]2)c2ccccc21. The van der Waals surface area contributed by atoms with Gasteiger partial charge in [0, 0.05) is 30.0 Å². The number of hydrogen-bond acceptors (Lipinski definition) is 4. The van der Waals surface area contributed by atoms with Gasteiger partial charge in [0.05, 0.1) is 11.2 Å². The summed E-state index contributed by atoms with van der Waals surface area (Å²) in [6, 6.07) is 15.9. The van der Waals surface area contributed by atoms with Gasteiger partial charge in [0.15, 0.2) is 11.6 Å². The monoisotopic (exact) mass is 331 g/mol. The van der Waals surface area contributed by atoms with Crippen molar-refractivity contribution in [2.75, 3.05) is 0 Å². The van der Waals surface area contributed by atoms with Crippen molar-refractivity contribution in [3.05, 3.63) is 71.7 Å². The Kier molecular flexibility index (Phi) is 3.85. The van der Waals surface area contributed by atoms with Crippen LogP contribution in [0.25, 0.3) is 16.6 Å². The minimum atomic E-state index is 0.134. The van der Waals surface area contributed by atoms with E-state index in [9.17, 15) is 4.79 Å². The van der Waals surface area contributed by atoms with Crippen LogP contribution in [0.15, 0.2) is 54.7 Å². The molecule has 2 aromatic carbocycles. The van der Waals surface area contributed by atoms with Crippen LogP contribution in [0.4, 0.5) is 0 Å². The number of H-pyrrole nitrogens is 1. The zero-order valence-electron chi connectivity index (χ0n) is 13.8. The minimum absolute atomic E-state index is 0.134. The lowest BCUT2D eigenvalue weighted by Crippen LogP contribution is -2.04. The molecule has 4 rings (SSSR count). The molecule has 0 aliphatic heterocycles. The van der Waals surface area contributed by atoms with Gasteiger partial charge in [-0.2, -0.15) is 0 Å². The number of carbonyl (C=O) groups is 1. The largest absolute Gasteiger partial charge is 0.316 e. The molecule has 0 amide bonds. The highest BCUT2D eigenvalue weighted by atomic mass is 16.1. The standard InChI is InChI=1S/C19H17N5O/c1-2-18(25)15-8-4-6-10-17(15)24-12-13(11-19-20-22-23-21-19)14-7-3-5-9-16(14)24/h3-10,12H,2,11H2,1H3,(H,20,21,22,23). The van der Waals surface area contributed by atoms with Crippen molar-refractivity contribution in [1.82, 2.24) is 25.2 Å². The van der Waals surface area contributed by atoms with Gasteiger partial charge in [-0.1, -0.05) is 37.3 Å². The number of benzene rings is 2. The molecule has 0 saturated carbocycles. The Bertz CT molecular complexity index is 1030. The Morgan fingerprint density at radius 1 is 1.12 bits per heavy atom. The number of tetrazole rings is 1. The summed E-state index contributed by atoms with van der Waals surface area (Å²) in [5.41, 5.74) is 3.79. The molecule has 0 radical (unpaired) electrons.